The van der Waals surface area contributed by atoms with Gasteiger partial charge in [0, 0.05) is 43.9 Å². The number of aromatic nitrogens is 4. The molecule has 10 rings (SSSR count). The number of furan rings is 1. The van der Waals surface area contributed by atoms with Crippen molar-refractivity contribution in [3.63, 3.8) is 0 Å². The number of fused-ring (bicyclic) bond motifs is 8. The molecule has 3 heterocycles. The van der Waals surface area contributed by atoms with Crippen molar-refractivity contribution >= 4 is 54.5 Å². The molecule has 0 saturated carbocycles. The molecular weight excluding hydrogens is 589 g/mol. The van der Waals surface area contributed by atoms with Gasteiger partial charge in [0.1, 0.15) is 11.2 Å². The first-order valence-corrected chi connectivity index (χ1v) is 16.0. The Hall–Kier alpha value is -6.59. The average molecular weight is 615 g/mol. The van der Waals surface area contributed by atoms with Crippen molar-refractivity contribution < 1.29 is 4.42 Å². The molecule has 0 fully saturated rings. The van der Waals surface area contributed by atoms with Crippen LogP contribution in [0.2, 0.25) is 0 Å². The lowest BCUT2D eigenvalue weighted by Crippen LogP contribution is -2.01. The Morgan fingerprint density at radius 2 is 1.04 bits per heavy atom. The molecule has 3 aromatic heterocycles. The Morgan fingerprint density at radius 1 is 0.396 bits per heavy atom. The van der Waals surface area contributed by atoms with E-state index in [0.29, 0.717) is 17.5 Å². The summed E-state index contributed by atoms with van der Waals surface area (Å²) in [6.45, 7) is 0. The van der Waals surface area contributed by atoms with E-state index in [2.05, 4.69) is 108 Å². The molecule has 0 amide bonds. The second kappa shape index (κ2) is 10.5. The quantitative estimate of drug-likeness (QED) is 0.198. The zero-order valence-electron chi connectivity index (χ0n) is 25.7. The summed E-state index contributed by atoms with van der Waals surface area (Å²) in [4.78, 5) is 15.1. The third kappa shape index (κ3) is 4.15. The molecule has 0 saturated heterocycles. The number of nitrogens with zero attached hydrogens (tertiary/aromatic N) is 4. The maximum Gasteiger partial charge on any atom is 0.164 e. The predicted molar refractivity (Wildman–Crippen MR) is 195 cm³/mol. The van der Waals surface area contributed by atoms with E-state index in [1.165, 1.54) is 21.5 Å². The highest BCUT2D eigenvalue weighted by atomic mass is 16.3. The van der Waals surface area contributed by atoms with Gasteiger partial charge in [0.15, 0.2) is 17.5 Å². The van der Waals surface area contributed by atoms with E-state index in [1.807, 2.05) is 54.6 Å². The van der Waals surface area contributed by atoms with Gasteiger partial charge in [-0.3, -0.25) is 0 Å². The van der Waals surface area contributed by atoms with E-state index >= 15 is 0 Å². The van der Waals surface area contributed by atoms with Gasteiger partial charge in [-0.05, 0) is 53.2 Å². The van der Waals surface area contributed by atoms with Gasteiger partial charge in [-0.15, -0.1) is 0 Å². The summed E-state index contributed by atoms with van der Waals surface area (Å²) in [5, 5.41) is 7.12. The fraction of sp³-hybridized carbons (Fsp3) is 0. The molecule has 224 valence electrons. The summed E-state index contributed by atoms with van der Waals surface area (Å²) in [5.41, 5.74) is 7.73. The number of rotatable bonds is 4. The van der Waals surface area contributed by atoms with Crippen molar-refractivity contribution in [3.8, 4) is 39.9 Å². The van der Waals surface area contributed by atoms with Crippen LogP contribution in [0.4, 0.5) is 0 Å². The molecule has 48 heavy (non-hydrogen) atoms. The first kappa shape index (κ1) is 26.6. The number of hydrogen-bond donors (Lipinski definition) is 0. The lowest BCUT2D eigenvalue weighted by molar-refractivity contribution is 0.669. The summed E-state index contributed by atoms with van der Waals surface area (Å²) in [6.07, 6.45) is 0. The van der Waals surface area contributed by atoms with E-state index in [4.69, 9.17) is 19.4 Å². The molecule has 0 aliphatic carbocycles. The lowest BCUT2D eigenvalue weighted by Gasteiger charge is -2.12. The van der Waals surface area contributed by atoms with Crippen molar-refractivity contribution in [3.05, 3.63) is 158 Å². The van der Waals surface area contributed by atoms with Crippen LogP contribution in [0, 0.1) is 0 Å². The molecule has 0 N–H and O–H groups in total. The topological polar surface area (TPSA) is 56.7 Å². The van der Waals surface area contributed by atoms with E-state index in [-0.39, 0.29) is 0 Å². The average Bonchev–Trinajstić information content (AvgIpc) is 3.71. The SMILES string of the molecule is c1ccc(-c2nc(-c3cccc(-n4c5ccccc5c5c6ccccc6ccc54)c3)nc(-c3ccc4c(c3)oc3ccccc34)n2)cc1. The van der Waals surface area contributed by atoms with Crippen molar-refractivity contribution in [2.24, 2.45) is 0 Å². The lowest BCUT2D eigenvalue weighted by atomic mass is 10.0. The van der Waals surface area contributed by atoms with Gasteiger partial charge in [-0.2, -0.15) is 0 Å². The Bertz CT molecular complexity index is 2850. The molecular formula is C43H26N4O. The molecule has 0 aliphatic heterocycles. The van der Waals surface area contributed by atoms with E-state index < -0.39 is 0 Å². The van der Waals surface area contributed by atoms with Gasteiger partial charge in [-0.1, -0.05) is 115 Å². The Balaban J connectivity index is 1.17. The van der Waals surface area contributed by atoms with Crippen molar-refractivity contribution in [2.75, 3.05) is 0 Å². The van der Waals surface area contributed by atoms with Gasteiger partial charge in [0.25, 0.3) is 0 Å². The van der Waals surface area contributed by atoms with Gasteiger partial charge in [-0.25, -0.2) is 15.0 Å². The minimum absolute atomic E-state index is 0.593. The first-order chi connectivity index (χ1) is 23.8. The van der Waals surface area contributed by atoms with Crippen LogP contribution < -0.4 is 0 Å². The zero-order valence-corrected chi connectivity index (χ0v) is 25.7. The largest absolute Gasteiger partial charge is 0.456 e. The number of hydrogen-bond acceptors (Lipinski definition) is 4. The normalized spacial score (nSPS) is 11.8. The fourth-order valence-corrected chi connectivity index (χ4v) is 7.02. The standard InChI is InChI=1S/C43H26N4O/c1-2-12-28(13-3-1)41-44-42(46-43(45-41)30-21-23-34-33-17-7-9-20-38(33)48-39(34)26-30)29-14-10-15-31(25-29)47-36-19-8-6-18-35(36)40-32-16-5-4-11-27(32)22-24-37(40)47/h1-26H. The summed E-state index contributed by atoms with van der Waals surface area (Å²) in [6, 6.07) is 54.5. The second-order valence-corrected chi connectivity index (χ2v) is 12.1. The summed E-state index contributed by atoms with van der Waals surface area (Å²) in [7, 11) is 0. The first-order valence-electron chi connectivity index (χ1n) is 16.0. The van der Waals surface area contributed by atoms with Crippen LogP contribution in [0.5, 0.6) is 0 Å². The van der Waals surface area contributed by atoms with Crippen LogP contribution in [0.3, 0.4) is 0 Å². The third-order valence-electron chi connectivity index (χ3n) is 9.23. The smallest absolute Gasteiger partial charge is 0.164 e. The monoisotopic (exact) mass is 614 g/mol. The molecule has 0 aliphatic rings. The van der Waals surface area contributed by atoms with Gasteiger partial charge in [0.2, 0.25) is 0 Å². The highest BCUT2D eigenvalue weighted by Gasteiger charge is 2.17. The fourth-order valence-electron chi connectivity index (χ4n) is 7.02. The molecule has 0 unspecified atom stereocenters. The van der Waals surface area contributed by atoms with E-state index in [9.17, 15) is 0 Å². The molecule has 0 radical (unpaired) electrons. The third-order valence-corrected chi connectivity index (χ3v) is 9.23. The maximum atomic E-state index is 6.22. The van der Waals surface area contributed by atoms with E-state index in [1.54, 1.807) is 0 Å². The molecule has 5 heteroatoms. The van der Waals surface area contributed by atoms with E-state index in [0.717, 1.165) is 55.3 Å². The van der Waals surface area contributed by atoms with Crippen molar-refractivity contribution in [1.29, 1.82) is 0 Å². The predicted octanol–water partition coefficient (Wildman–Crippen LogP) is 11.0. The van der Waals surface area contributed by atoms with Crippen molar-refractivity contribution in [1.82, 2.24) is 19.5 Å². The van der Waals surface area contributed by atoms with Crippen LogP contribution in [0.15, 0.2) is 162 Å². The Morgan fingerprint density at radius 3 is 1.90 bits per heavy atom. The minimum Gasteiger partial charge on any atom is -0.456 e. The number of para-hydroxylation sites is 2. The maximum absolute atomic E-state index is 6.22. The van der Waals surface area contributed by atoms with Crippen LogP contribution in [0.25, 0.3) is 94.4 Å². The molecule has 0 atom stereocenters. The Kier molecular flexibility index (Phi) is 5.81. The second-order valence-electron chi connectivity index (χ2n) is 12.1. The summed E-state index contributed by atoms with van der Waals surface area (Å²) < 4.78 is 8.57. The minimum atomic E-state index is 0.593. The zero-order chi connectivity index (χ0) is 31.6. The summed E-state index contributed by atoms with van der Waals surface area (Å²) >= 11 is 0. The number of benzene rings is 7. The highest BCUT2D eigenvalue weighted by molar-refractivity contribution is 6.21. The highest BCUT2D eigenvalue weighted by Crippen LogP contribution is 2.38. The van der Waals surface area contributed by atoms with Gasteiger partial charge in [0.05, 0.1) is 11.0 Å². The molecule has 5 nitrogen and oxygen atoms in total. The van der Waals surface area contributed by atoms with Crippen LogP contribution in [-0.2, 0) is 0 Å². The van der Waals surface area contributed by atoms with Crippen LogP contribution >= 0.6 is 0 Å². The molecule has 7 aromatic carbocycles. The molecule has 10 aromatic rings. The summed E-state index contributed by atoms with van der Waals surface area (Å²) in [5.74, 6) is 1.82. The Labute approximate surface area is 275 Å². The van der Waals surface area contributed by atoms with Gasteiger partial charge < -0.3 is 8.98 Å². The van der Waals surface area contributed by atoms with Crippen LogP contribution in [0.1, 0.15) is 0 Å². The van der Waals surface area contributed by atoms with Crippen LogP contribution in [-0.4, -0.2) is 19.5 Å². The van der Waals surface area contributed by atoms with Gasteiger partial charge >= 0.3 is 0 Å². The molecule has 0 bridgehead atoms. The van der Waals surface area contributed by atoms with Crippen molar-refractivity contribution in [2.45, 2.75) is 0 Å². The molecule has 0 spiro atoms.